The molecule has 1 heterocycles. The normalized spacial score (nSPS) is 15.4. The van der Waals surface area contributed by atoms with Crippen LogP contribution in [0.15, 0.2) is 5.38 Å². The number of nitrogens with zero attached hydrogens (tertiary/aromatic N) is 1. The number of nitrogens with two attached hydrogens (primary N) is 1. The number of rotatable bonds is 9. The SMILES string of the molecule is NCc1nc(CNCCCOCC2CC2)cs1. The molecule has 1 aliphatic rings. The first-order valence-corrected chi connectivity index (χ1v) is 7.18. The molecular weight excluding hydrogens is 234 g/mol. The topological polar surface area (TPSA) is 60.2 Å². The van der Waals surface area contributed by atoms with Crippen LogP contribution >= 0.6 is 11.3 Å². The van der Waals surface area contributed by atoms with Crippen LogP contribution in [0.25, 0.3) is 0 Å². The van der Waals surface area contributed by atoms with Crippen LogP contribution in [0.3, 0.4) is 0 Å². The Kier molecular flexibility index (Phi) is 5.38. The molecule has 1 aromatic rings. The van der Waals surface area contributed by atoms with Gasteiger partial charge in [0, 0.05) is 31.7 Å². The summed E-state index contributed by atoms with van der Waals surface area (Å²) in [5, 5.41) is 6.44. The van der Waals surface area contributed by atoms with E-state index in [9.17, 15) is 0 Å². The molecule has 0 unspecified atom stereocenters. The Balaban J connectivity index is 1.44. The predicted molar refractivity (Wildman–Crippen MR) is 69.9 cm³/mol. The third-order valence-corrected chi connectivity index (χ3v) is 3.69. The highest BCUT2D eigenvalue weighted by Gasteiger charge is 2.20. The van der Waals surface area contributed by atoms with Crippen molar-refractivity contribution in [1.29, 1.82) is 0 Å². The molecule has 0 saturated heterocycles. The second-order valence-corrected chi connectivity index (χ2v) is 5.43. The molecule has 0 bridgehead atoms. The van der Waals surface area contributed by atoms with Gasteiger partial charge in [0.2, 0.25) is 0 Å². The first-order valence-electron chi connectivity index (χ1n) is 6.30. The van der Waals surface area contributed by atoms with Gasteiger partial charge in [-0.15, -0.1) is 11.3 Å². The van der Waals surface area contributed by atoms with Crippen molar-refractivity contribution in [1.82, 2.24) is 10.3 Å². The Labute approximate surface area is 107 Å². The van der Waals surface area contributed by atoms with E-state index in [4.69, 9.17) is 10.5 Å². The zero-order valence-electron chi connectivity index (χ0n) is 10.2. The molecule has 17 heavy (non-hydrogen) atoms. The minimum absolute atomic E-state index is 0.541. The standard InChI is InChI=1S/C12H21N3OS/c13-6-12-15-11(9-17-12)7-14-4-1-5-16-8-10-2-3-10/h9-10,14H,1-8,13H2. The van der Waals surface area contributed by atoms with Crippen LogP contribution < -0.4 is 11.1 Å². The molecule has 5 heteroatoms. The summed E-state index contributed by atoms with van der Waals surface area (Å²) in [4.78, 5) is 4.39. The Morgan fingerprint density at radius 2 is 2.41 bits per heavy atom. The van der Waals surface area contributed by atoms with E-state index in [2.05, 4.69) is 15.7 Å². The summed E-state index contributed by atoms with van der Waals surface area (Å²) in [6.45, 7) is 4.19. The fraction of sp³-hybridized carbons (Fsp3) is 0.750. The fourth-order valence-electron chi connectivity index (χ4n) is 1.57. The summed E-state index contributed by atoms with van der Waals surface area (Å²) in [5.74, 6) is 0.868. The Morgan fingerprint density at radius 3 is 3.12 bits per heavy atom. The van der Waals surface area contributed by atoms with Gasteiger partial charge in [-0.3, -0.25) is 0 Å². The summed E-state index contributed by atoms with van der Waals surface area (Å²) < 4.78 is 5.56. The lowest BCUT2D eigenvalue weighted by Crippen LogP contribution is -2.17. The maximum atomic E-state index is 5.56. The number of hydrogen-bond donors (Lipinski definition) is 2. The molecule has 1 saturated carbocycles. The van der Waals surface area contributed by atoms with Crippen molar-refractivity contribution in [3.63, 3.8) is 0 Å². The molecule has 2 rings (SSSR count). The molecule has 0 aromatic carbocycles. The highest BCUT2D eigenvalue weighted by molar-refractivity contribution is 7.09. The molecule has 0 amide bonds. The van der Waals surface area contributed by atoms with Gasteiger partial charge >= 0.3 is 0 Å². The zero-order chi connectivity index (χ0) is 11.9. The van der Waals surface area contributed by atoms with Crippen LogP contribution in [-0.2, 0) is 17.8 Å². The molecule has 0 aliphatic heterocycles. The first kappa shape index (κ1) is 13.0. The monoisotopic (exact) mass is 255 g/mol. The van der Waals surface area contributed by atoms with Crippen molar-refractivity contribution in [3.8, 4) is 0 Å². The van der Waals surface area contributed by atoms with E-state index in [1.54, 1.807) is 11.3 Å². The lowest BCUT2D eigenvalue weighted by molar-refractivity contribution is 0.122. The van der Waals surface area contributed by atoms with Gasteiger partial charge in [-0.25, -0.2) is 4.98 Å². The predicted octanol–water partition coefficient (Wildman–Crippen LogP) is 1.51. The second kappa shape index (κ2) is 7.06. The number of nitrogens with one attached hydrogen (secondary N) is 1. The van der Waals surface area contributed by atoms with Gasteiger partial charge in [-0.05, 0) is 31.7 Å². The van der Waals surface area contributed by atoms with Gasteiger partial charge in [-0.2, -0.15) is 0 Å². The van der Waals surface area contributed by atoms with E-state index in [0.717, 1.165) is 49.3 Å². The lowest BCUT2D eigenvalue weighted by atomic mass is 10.4. The number of ether oxygens (including phenoxy) is 1. The smallest absolute Gasteiger partial charge is 0.106 e. The van der Waals surface area contributed by atoms with Crippen LogP contribution in [0.2, 0.25) is 0 Å². The molecule has 1 aliphatic carbocycles. The van der Waals surface area contributed by atoms with Gasteiger partial charge in [0.1, 0.15) is 5.01 Å². The molecule has 3 N–H and O–H groups in total. The summed E-state index contributed by atoms with van der Waals surface area (Å²) in [6.07, 6.45) is 3.80. The third kappa shape index (κ3) is 5.12. The molecular formula is C12H21N3OS. The van der Waals surface area contributed by atoms with Crippen LogP contribution in [-0.4, -0.2) is 24.7 Å². The van der Waals surface area contributed by atoms with Crippen molar-refractivity contribution in [3.05, 3.63) is 16.1 Å². The van der Waals surface area contributed by atoms with E-state index in [1.807, 2.05) is 0 Å². The maximum absolute atomic E-state index is 5.56. The van der Waals surface area contributed by atoms with E-state index in [-0.39, 0.29) is 0 Å². The van der Waals surface area contributed by atoms with E-state index >= 15 is 0 Å². The molecule has 4 nitrogen and oxygen atoms in total. The first-order chi connectivity index (χ1) is 8.38. The number of thiazole rings is 1. The van der Waals surface area contributed by atoms with Crippen LogP contribution in [0.4, 0.5) is 0 Å². The highest BCUT2D eigenvalue weighted by atomic mass is 32.1. The van der Waals surface area contributed by atoms with Crippen molar-refractivity contribution in [2.45, 2.75) is 32.4 Å². The summed E-state index contributed by atoms with van der Waals surface area (Å²) in [6, 6.07) is 0. The fourth-order valence-corrected chi connectivity index (χ4v) is 2.25. The zero-order valence-corrected chi connectivity index (χ0v) is 11.0. The molecule has 1 fully saturated rings. The van der Waals surface area contributed by atoms with Crippen molar-refractivity contribution in [2.24, 2.45) is 11.7 Å². The minimum atomic E-state index is 0.541. The Hall–Kier alpha value is -0.490. The summed E-state index contributed by atoms with van der Waals surface area (Å²) in [5.41, 5.74) is 6.61. The molecule has 0 spiro atoms. The summed E-state index contributed by atoms with van der Waals surface area (Å²) >= 11 is 1.63. The maximum Gasteiger partial charge on any atom is 0.106 e. The Morgan fingerprint density at radius 1 is 1.53 bits per heavy atom. The van der Waals surface area contributed by atoms with Crippen molar-refractivity contribution in [2.75, 3.05) is 19.8 Å². The third-order valence-electron chi connectivity index (χ3n) is 2.77. The van der Waals surface area contributed by atoms with Gasteiger partial charge in [0.15, 0.2) is 0 Å². The number of aromatic nitrogens is 1. The average molecular weight is 255 g/mol. The van der Waals surface area contributed by atoms with Gasteiger partial charge in [-0.1, -0.05) is 0 Å². The minimum Gasteiger partial charge on any atom is -0.381 e. The summed E-state index contributed by atoms with van der Waals surface area (Å²) in [7, 11) is 0. The number of hydrogen-bond acceptors (Lipinski definition) is 5. The van der Waals surface area contributed by atoms with E-state index < -0.39 is 0 Å². The molecule has 0 atom stereocenters. The molecule has 1 aromatic heterocycles. The van der Waals surface area contributed by atoms with Crippen molar-refractivity contribution < 1.29 is 4.74 Å². The van der Waals surface area contributed by atoms with Crippen LogP contribution in [0.1, 0.15) is 30.0 Å². The van der Waals surface area contributed by atoms with Gasteiger partial charge < -0.3 is 15.8 Å². The highest BCUT2D eigenvalue weighted by Crippen LogP contribution is 2.28. The van der Waals surface area contributed by atoms with Gasteiger partial charge in [0.25, 0.3) is 0 Å². The molecule has 0 radical (unpaired) electrons. The van der Waals surface area contributed by atoms with Crippen LogP contribution in [0.5, 0.6) is 0 Å². The Bertz CT molecular complexity index is 325. The van der Waals surface area contributed by atoms with Crippen LogP contribution in [0, 0.1) is 5.92 Å². The lowest BCUT2D eigenvalue weighted by Gasteiger charge is -2.04. The quantitative estimate of drug-likeness (QED) is 0.657. The molecule has 96 valence electrons. The second-order valence-electron chi connectivity index (χ2n) is 4.49. The van der Waals surface area contributed by atoms with Crippen molar-refractivity contribution >= 4 is 11.3 Å². The van der Waals surface area contributed by atoms with Gasteiger partial charge in [0.05, 0.1) is 5.69 Å². The average Bonchev–Trinajstić information content (AvgIpc) is 3.05. The largest absolute Gasteiger partial charge is 0.381 e. The van der Waals surface area contributed by atoms with E-state index in [0.29, 0.717) is 6.54 Å². The van der Waals surface area contributed by atoms with E-state index in [1.165, 1.54) is 12.8 Å².